The van der Waals surface area contributed by atoms with Gasteiger partial charge < -0.3 is 10.5 Å². The summed E-state index contributed by atoms with van der Waals surface area (Å²) < 4.78 is 20.3. The molecule has 0 spiro atoms. The minimum absolute atomic E-state index is 0.272. The Bertz CT molecular complexity index is 599. The van der Waals surface area contributed by atoms with Crippen molar-refractivity contribution in [3.05, 3.63) is 57.8 Å². The first-order chi connectivity index (χ1) is 8.99. The Kier molecular flexibility index (Phi) is 4.22. The molecule has 2 aromatic carbocycles. The van der Waals surface area contributed by atoms with E-state index in [0.717, 1.165) is 4.47 Å². The third-order valence-corrected chi connectivity index (χ3v) is 3.49. The van der Waals surface area contributed by atoms with Crippen molar-refractivity contribution in [3.8, 4) is 11.5 Å². The van der Waals surface area contributed by atoms with Crippen LogP contribution in [0.15, 0.2) is 40.9 Å². The molecule has 0 fully saturated rings. The first-order valence-electron chi connectivity index (χ1n) is 5.97. The molecule has 2 nitrogen and oxygen atoms in total. The minimum atomic E-state index is -0.299. The van der Waals surface area contributed by atoms with Gasteiger partial charge in [-0.15, -0.1) is 0 Å². The van der Waals surface area contributed by atoms with Crippen molar-refractivity contribution in [3.63, 3.8) is 0 Å². The van der Waals surface area contributed by atoms with E-state index in [9.17, 15) is 4.39 Å². The smallest absolute Gasteiger partial charge is 0.141 e. The van der Waals surface area contributed by atoms with E-state index in [1.54, 1.807) is 19.9 Å². The predicted molar refractivity (Wildman–Crippen MR) is 78.0 cm³/mol. The fraction of sp³-hybridized carbons (Fsp3) is 0.200. The van der Waals surface area contributed by atoms with Crippen LogP contribution in [0.2, 0.25) is 0 Å². The summed E-state index contributed by atoms with van der Waals surface area (Å²) in [5.41, 5.74) is 7.05. The Morgan fingerprint density at radius 3 is 2.53 bits per heavy atom. The second-order valence-electron chi connectivity index (χ2n) is 4.46. The highest BCUT2D eigenvalue weighted by molar-refractivity contribution is 9.10. The average molecular weight is 324 g/mol. The number of nitrogens with two attached hydrogens (primary N) is 1. The van der Waals surface area contributed by atoms with Crippen molar-refractivity contribution in [2.45, 2.75) is 19.9 Å². The molecular formula is C15H15BrFNO. The Morgan fingerprint density at radius 2 is 1.89 bits per heavy atom. The summed E-state index contributed by atoms with van der Waals surface area (Å²) in [6.07, 6.45) is 0. The number of para-hydroxylation sites is 1. The molecule has 1 atom stereocenters. The van der Waals surface area contributed by atoms with E-state index in [2.05, 4.69) is 15.9 Å². The van der Waals surface area contributed by atoms with Gasteiger partial charge in [-0.1, -0.05) is 12.1 Å². The largest absolute Gasteiger partial charge is 0.456 e. The first kappa shape index (κ1) is 14.0. The number of hydrogen-bond acceptors (Lipinski definition) is 2. The third kappa shape index (κ3) is 3.14. The zero-order chi connectivity index (χ0) is 14.0. The van der Waals surface area contributed by atoms with Crippen LogP contribution in [0.1, 0.15) is 24.1 Å². The van der Waals surface area contributed by atoms with Crippen molar-refractivity contribution in [1.82, 2.24) is 0 Å². The van der Waals surface area contributed by atoms with Gasteiger partial charge in [0.25, 0.3) is 0 Å². The van der Waals surface area contributed by atoms with Crippen LogP contribution in [-0.2, 0) is 0 Å². The van der Waals surface area contributed by atoms with E-state index in [-0.39, 0.29) is 11.9 Å². The van der Waals surface area contributed by atoms with E-state index < -0.39 is 0 Å². The summed E-state index contributed by atoms with van der Waals surface area (Å²) in [7, 11) is 0. The number of rotatable bonds is 3. The molecule has 100 valence electrons. The quantitative estimate of drug-likeness (QED) is 0.887. The van der Waals surface area contributed by atoms with Crippen LogP contribution < -0.4 is 10.5 Å². The van der Waals surface area contributed by atoms with Crippen molar-refractivity contribution in [2.75, 3.05) is 0 Å². The Hall–Kier alpha value is -1.39. The van der Waals surface area contributed by atoms with Crippen molar-refractivity contribution < 1.29 is 9.13 Å². The molecule has 4 heteroatoms. The van der Waals surface area contributed by atoms with Crippen LogP contribution in [0.4, 0.5) is 4.39 Å². The number of aryl methyl sites for hydroxylation is 1. The van der Waals surface area contributed by atoms with Gasteiger partial charge in [-0.3, -0.25) is 0 Å². The van der Waals surface area contributed by atoms with Crippen LogP contribution in [0.25, 0.3) is 0 Å². The zero-order valence-corrected chi connectivity index (χ0v) is 12.4. The topological polar surface area (TPSA) is 35.2 Å². The van der Waals surface area contributed by atoms with Gasteiger partial charge in [0.05, 0.1) is 4.47 Å². The lowest BCUT2D eigenvalue weighted by molar-refractivity contribution is 0.465. The van der Waals surface area contributed by atoms with Gasteiger partial charge in [0.2, 0.25) is 0 Å². The molecule has 0 aliphatic heterocycles. The summed E-state index contributed by atoms with van der Waals surface area (Å²) in [5, 5.41) is 0. The Labute approximate surface area is 120 Å². The van der Waals surface area contributed by atoms with Gasteiger partial charge in [0.1, 0.15) is 17.3 Å². The maximum absolute atomic E-state index is 13.6. The SMILES string of the molecule is Cc1cc(Oc2ccccc2Br)c(C(C)N)cc1F. The summed E-state index contributed by atoms with van der Waals surface area (Å²) in [5.74, 6) is 0.989. The predicted octanol–water partition coefficient (Wildman–Crippen LogP) is 4.71. The number of hydrogen-bond donors (Lipinski definition) is 1. The molecule has 0 heterocycles. The molecule has 19 heavy (non-hydrogen) atoms. The van der Waals surface area contributed by atoms with Crippen molar-refractivity contribution in [1.29, 1.82) is 0 Å². The normalized spacial score (nSPS) is 12.3. The van der Waals surface area contributed by atoms with Gasteiger partial charge in [-0.25, -0.2) is 4.39 Å². The second kappa shape index (κ2) is 5.72. The number of halogens is 2. The molecule has 0 amide bonds. The molecule has 1 unspecified atom stereocenters. The number of benzene rings is 2. The molecule has 0 aliphatic carbocycles. The van der Waals surface area contributed by atoms with Gasteiger partial charge in [-0.2, -0.15) is 0 Å². The fourth-order valence-corrected chi connectivity index (χ4v) is 2.13. The Balaban J connectivity index is 2.45. The minimum Gasteiger partial charge on any atom is -0.456 e. The van der Waals surface area contributed by atoms with E-state index in [1.807, 2.05) is 24.3 Å². The van der Waals surface area contributed by atoms with Crippen LogP contribution in [-0.4, -0.2) is 0 Å². The lowest BCUT2D eigenvalue weighted by atomic mass is 10.1. The van der Waals surface area contributed by atoms with Crippen molar-refractivity contribution >= 4 is 15.9 Å². The molecule has 0 saturated carbocycles. The van der Waals surface area contributed by atoms with Gasteiger partial charge in [0, 0.05) is 11.6 Å². The fourth-order valence-electron chi connectivity index (χ4n) is 1.76. The molecular weight excluding hydrogens is 309 g/mol. The van der Waals surface area contributed by atoms with E-state index >= 15 is 0 Å². The lowest BCUT2D eigenvalue weighted by Gasteiger charge is -2.16. The molecule has 2 aromatic rings. The number of ether oxygens (including phenoxy) is 1. The van der Waals surface area contributed by atoms with E-state index in [1.165, 1.54) is 6.07 Å². The summed E-state index contributed by atoms with van der Waals surface area (Å²) in [6.45, 7) is 3.50. The average Bonchev–Trinajstić information content (AvgIpc) is 2.36. The molecule has 0 aliphatic rings. The van der Waals surface area contributed by atoms with Crippen molar-refractivity contribution in [2.24, 2.45) is 5.73 Å². The van der Waals surface area contributed by atoms with E-state index in [0.29, 0.717) is 22.6 Å². The van der Waals surface area contributed by atoms with Gasteiger partial charge in [-0.05, 0) is 59.6 Å². The van der Waals surface area contributed by atoms with Gasteiger partial charge in [0.15, 0.2) is 0 Å². The standard InChI is InChI=1S/C15H15BrFNO/c1-9-7-15(11(10(2)18)8-13(9)17)19-14-6-4-3-5-12(14)16/h3-8,10H,18H2,1-2H3. The van der Waals surface area contributed by atoms with Crippen LogP contribution in [0, 0.1) is 12.7 Å². The molecule has 0 saturated heterocycles. The van der Waals surface area contributed by atoms with Crippen LogP contribution in [0.5, 0.6) is 11.5 Å². The maximum Gasteiger partial charge on any atom is 0.141 e. The Morgan fingerprint density at radius 1 is 1.21 bits per heavy atom. The summed E-state index contributed by atoms with van der Waals surface area (Å²) >= 11 is 3.42. The van der Waals surface area contributed by atoms with Crippen LogP contribution in [0.3, 0.4) is 0 Å². The molecule has 0 aromatic heterocycles. The molecule has 0 radical (unpaired) electrons. The molecule has 2 N–H and O–H groups in total. The lowest BCUT2D eigenvalue weighted by Crippen LogP contribution is -2.08. The first-order valence-corrected chi connectivity index (χ1v) is 6.76. The maximum atomic E-state index is 13.6. The monoisotopic (exact) mass is 323 g/mol. The molecule has 0 bridgehead atoms. The summed E-state index contributed by atoms with van der Waals surface area (Å²) in [6, 6.07) is 10.3. The highest BCUT2D eigenvalue weighted by Crippen LogP contribution is 2.34. The zero-order valence-electron chi connectivity index (χ0n) is 10.8. The second-order valence-corrected chi connectivity index (χ2v) is 5.31. The summed E-state index contributed by atoms with van der Waals surface area (Å²) in [4.78, 5) is 0. The highest BCUT2D eigenvalue weighted by atomic mass is 79.9. The molecule has 2 rings (SSSR count). The van der Waals surface area contributed by atoms with E-state index in [4.69, 9.17) is 10.5 Å². The third-order valence-electron chi connectivity index (χ3n) is 2.84. The highest BCUT2D eigenvalue weighted by Gasteiger charge is 2.13. The van der Waals surface area contributed by atoms with Gasteiger partial charge >= 0.3 is 0 Å². The van der Waals surface area contributed by atoms with Crippen LogP contribution >= 0.6 is 15.9 Å².